The summed E-state index contributed by atoms with van der Waals surface area (Å²) in [5.74, 6) is 0. The Bertz CT molecular complexity index is 615. The van der Waals surface area contributed by atoms with E-state index < -0.39 is 16.1 Å². The molecule has 1 fully saturated rings. The lowest BCUT2D eigenvalue weighted by atomic mass is 10.1. The molecule has 1 rings (SSSR count). The summed E-state index contributed by atoms with van der Waals surface area (Å²) < 4.78 is 29.8. The van der Waals surface area contributed by atoms with Gasteiger partial charge in [0.2, 0.25) is 10.0 Å². The number of likely N-dealkylation sites (tertiary alicyclic amines) is 1. The van der Waals surface area contributed by atoms with E-state index in [1.54, 1.807) is 11.8 Å². The Morgan fingerprint density at radius 2 is 2.08 bits per heavy atom. The summed E-state index contributed by atoms with van der Waals surface area (Å²) in [6, 6.07) is -0.236. The van der Waals surface area contributed by atoms with Gasteiger partial charge in [0.1, 0.15) is 6.61 Å². The van der Waals surface area contributed by atoms with Crippen LogP contribution in [0, 0.1) is 0 Å². The smallest absolute Gasteiger partial charge is 0.410 e. The van der Waals surface area contributed by atoms with E-state index in [9.17, 15) is 18.0 Å². The monoisotopic (exact) mass is 376 g/mol. The fourth-order valence-corrected chi connectivity index (χ4v) is 3.85. The van der Waals surface area contributed by atoms with Gasteiger partial charge in [0.05, 0.1) is 12.3 Å². The maximum Gasteiger partial charge on any atom is 0.410 e. The third-order valence-electron chi connectivity index (χ3n) is 3.29. The summed E-state index contributed by atoms with van der Waals surface area (Å²) in [4.78, 5) is 25.0. The van der Waals surface area contributed by atoms with Crippen molar-refractivity contribution in [2.45, 2.75) is 31.6 Å². The van der Waals surface area contributed by atoms with E-state index >= 15 is 0 Å². The number of thioether (sulfide) groups is 1. The van der Waals surface area contributed by atoms with Gasteiger partial charge in [0, 0.05) is 25.3 Å². The Labute approximate surface area is 147 Å². The van der Waals surface area contributed by atoms with Gasteiger partial charge in [-0.15, -0.1) is 0 Å². The van der Waals surface area contributed by atoms with Crippen LogP contribution >= 0.6 is 11.8 Å². The molecule has 0 aromatic carbocycles. The molecule has 7 nitrogen and oxygen atoms in total. The van der Waals surface area contributed by atoms with Gasteiger partial charge in [-0.05, 0) is 13.3 Å². The second-order valence-corrected chi connectivity index (χ2v) is 8.97. The van der Waals surface area contributed by atoms with Gasteiger partial charge in [-0.1, -0.05) is 36.1 Å². The van der Waals surface area contributed by atoms with Gasteiger partial charge in [-0.3, -0.25) is 4.79 Å². The van der Waals surface area contributed by atoms with Crippen molar-refractivity contribution >= 4 is 33.0 Å². The van der Waals surface area contributed by atoms with Gasteiger partial charge in [0.25, 0.3) is 0 Å². The van der Waals surface area contributed by atoms with Gasteiger partial charge in [-0.25, -0.2) is 17.9 Å². The molecule has 9 heteroatoms. The van der Waals surface area contributed by atoms with E-state index in [1.807, 2.05) is 6.08 Å². The number of carbonyl (C=O) groups excluding carboxylic acids is 2. The van der Waals surface area contributed by atoms with Gasteiger partial charge < -0.3 is 9.64 Å². The molecule has 0 bridgehead atoms. The normalized spacial score (nSPS) is 21.6. The highest BCUT2D eigenvalue weighted by Gasteiger charge is 2.36. The highest BCUT2D eigenvalue weighted by atomic mass is 32.2. The second-order valence-electron chi connectivity index (χ2n) is 5.66. The maximum absolute atomic E-state index is 12.2. The number of hydrogen-bond acceptors (Lipinski definition) is 6. The molecule has 1 amide bonds. The van der Waals surface area contributed by atoms with Crippen LogP contribution in [-0.4, -0.2) is 61.8 Å². The van der Waals surface area contributed by atoms with Crippen LogP contribution in [-0.2, 0) is 19.6 Å². The molecule has 1 heterocycles. The average molecular weight is 377 g/mol. The molecule has 136 valence electrons. The van der Waals surface area contributed by atoms with Crippen LogP contribution in [0.3, 0.4) is 0 Å². The Morgan fingerprint density at radius 3 is 2.62 bits per heavy atom. The van der Waals surface area contributed by atoms with Crippen LogP contribution in [0.2, 0.25) is 0 Å². The van der Waals surface area contributed by atoms with Gasteiger partial charge in [0.15, 0.2) is 5.12 Å². The Morgan fingerprint density at radius 1 is 1.42 bits per heavy atom. The minimum Gasteiger partial charge on any atom is -0.445 e. The molecular weight excluding hydrogens is 352 g/mol. The number of rotatable bonds is 7. The molecule has 24 heavy (non-hydrogen) atoms. The van der Waals surface area contributed by atoms with E-state index in [1.165, 1.54) is 24.8 Å². The molecule has 1 N–H and O–H groups in total. The summed E-state index contributed by atoms with van der Waals surface area (Å²) in [7, 11) is -3.28. The highest BCUT2D eigenvalue weighted by Crippen LogP contribution is 2.29. The minimum absolute atomic E-state index is 0.000460. The lowest BCUT2D eigenvalue weighted by molar-refractivity contribution is -0.109. The molecule has 0 aliphatic carbocycles. The van der Waals surface area contributed by atoms with Gasteiger partial charge in [-0.2, -0.15) is 0 Å². The molecule has 1 aliphatic rings. The lowest BCUT2D eigenvalue weighted by Crippen LogP contribution is -2.36. The van der Waals surface area contributed by atoms with Crippen LogP contribution < -0.4 is 4.72 Å². The zero-order valence-corrected chi connectivity index (χ0v) is 15.8. The van der Waals surface area contributed by atoms with Crippen molar-refractivity contribution in [2.24, 2.45) is 0 Å². The first-order chi connectivity index (χ1) is 11.1. The third-order valence-corrected chi connectivity index (χ3v) is 4.96. The van der Waals surface area contributed by atoms with Crippen molar-refractivity contribution in [3.63, 3.8) is 0 Å². The van der Waals surface area contributed by atoms with E-state index in [4.69, 9.17) is 4.74 Å². The maximum atomic E-state index is 12.2. The van der Waals surface area contributed by atoms with Crippen molar-refractivity contribution in [2.75, 3.05) is 26.0 Å². The van der Waals surface area contributed by atoms with Gasteiger partial charge >= 0.3 is 6.09 Å². The summed E-state index contributed by atoms with van der Waals surface area (Å²) in [6.07, 6.45) is 4.57. The summed E-state index contributed by atoms with van der Waals surface area (Å²) in [6.45, 7) is 7.49. The zero-order valence-electron chi connectivity index (χ0n) is 14.1. The standard InChI is InChI=1S/C15H24N2O5S2/c1-5-6-22-15(19)17-10-14(23-12(3)18)8-13(17)7-11(2)9-16-24(4,20)21/h5,7,13-14,16H,1,6,8-10H2,2-4H3/b11-7+/t13-,14+/m1/s1. The van der Waals surface area contributed by atoms with Crippen LogP contribution in [0.4, 0.5) is 4.79 Å². The quantitative estimate of drug-likeness (QED) is 0.677. The van der Waals surface area contributed by atoms with Crippen LogP contribution in [0.25, 0.3) is 0 Å². The van der Waals surface area contributed by atoms with Crippen molar-refractivity contribution in [3.05, 3.63) is 24.3 Å². The van der Waals surface area contributed by atoms with Crippen LogP contribution in [0.5, 0.6) is 0 Å². The molecule has 0 spiro atoms. The van der Waals surface area contributed by atoms with Crippen LogP contribution in [0.1, 0.15) is 20.3 Å². The molecule has 0 unspecified atom stereocenters. The number of carbonyl (C=O) groups is 2. The SMILES string of the molecule is C=CCOC(=O)N1C[C@@H](SC(C)=O)C[C@H]1/C=C(\C)CNS(C)(=O)=O. The predicted octanol–water partition coefficient (Wildman–Crippen LogP) is 1.53. The molecule has 2 atom stereocenters. The number of hydrogen-bond donors (Lipinski definition) is 1. The number of nitrogens with zero attached hydrogens (tertiary/aromatic N) is 1. The summed E-state index contributed by atoms with van der Waals surface area (Å²) >= 11 is 1.21. The van der Waals surface area contributed by atoms with Crippen molar-refractivity contribution in [1.82, 2.24) is 9.62 Å². The molecule has 1 saturated heterocycles. The van der Waals surface area contributed by atoms with E-state index in [0.29, 0.717) is 13.0 Å². The van der Waals surface area contributed by atoms with E-state index in [-0.39, 0.29) is 29.6 Å². The second kappa shape index (κ2) is 9.24. The van der Waals surface area contributed by atoms with Crippen molar-refractivity contribution < 1.29 is 22.7 Å². The number of nitrogens with one attached hydrogen (secondary N) is 1. The topological polar surface area (TPSA) is 92.8 Å². The molecule has 0 radical (unpaired) electrons. The molecular formula is C15H24N2O5S2. The third kappa shape index (κ3) is 7.50. The van der Waals surface area contributed by atoms with E-state index in [0.717, 1.165) is 11.8 Å². The molecule has 0 aromatic rings. The molecule has 0 saturated carbocycles. The summed E-state index contributed by atoms with van der Waals surface area (Å²) in [5.41, 5.74) is 0.792. The fourth-order valence-electron chi connectivity index (χ4n) is 2.36. The van der Waals surface area contributed by atoms with Crippen LogP contribution in [0.15, 0.2) is 24.3 Å². The summed E-state index contributed by atoms with van der Waals surface area (Å²) in [5, 5.41) is -0.00444. The number of ether oxygens (including phenoxy) is 1. The Kier molecular flexibility index (Phi) is 7.98. The first kappa shape index (κ1) is 20.7. The largest absolute Gasteiger partial charge is 0.445 e. The van der Waals surface area contributed by atoms with Crippen molar-refractivity contribution in [3.8, 4) is 0 Å². The Hall–Kier alpha value is -1.32. The molecule has 0 aromatic heterocycles. The minimum atomic E-state index is -3.28. The highest BCUT2D eigenvalue weighted by molar-refractivity contribution is 8.14. The van der Waals surface area contributed by atoms with E-state index in [2.05, 4.69) is 11.3 Å². The first-order valence-corrected chi connectivity index (χ1v) is 10.2. The number of sulfonamides is 1. The Balaban J connectivity index is 2.82. The molecule has 1 aliphatic heterocycles. The first-order valence-electron chi connectivity index (χ1n) is 7.45. The van der Waals surface area contributed by atoms with Crippen molar-refractivity contribution in [1.29, 1.82) is 0 Å². The average Bonchev–Trinajstić information content (AvgIpc) is 2.83. The fraction of sp³-hybridized carbons (Fsp3) is 0.600. The predicted molar refractivity (Wildman–Crippen MR) is 95.3 cm³/mol. The number of amides is 1. The lowest BCUT2D eigenvalue weighted by Gasteiger charge is -2.22. The zero-order chi connectivity index (χ0) is 18.3.